The maximum Gasteiger partial charge on any atom is 0.263 e. The third-order valence-corrected chi connectivity index (χ3v) is 7.97. The van der Waals surface area contributed by atoms with Crippen LogP contribution in [0, 0.1) is 20.8 Å². The molecule has 1 amide bonds. The number of sulfonamides is 1. The number of anilines is 1. The Hall–Kier alpha value is -3.59. The van der Waals surface area contributed by atoms with Gasteiger partial charge in [-0.25, -0.2) is 8.42 Å². The van der Waals surface area contributed by atoms with Crippen LogP contribution in [0.1, 0.15) is 32.6 Å². The summed E-state index contributed by atoms with van der Waals surface area (Å²) >= 11 is 12.0. The van der Waals surface area contributed by atoms with Crippen LogP contribution >= 0.6 is 23.2 Å². The number of pyridine rings is 1. The second-order valence-electron chi connectivity index (χ2n) is 8.72. The van der Waals surface area contributed by atoms with Crippen LogP contribution < -0.4 is 14.8 Å². The van der Waals surface area contributed by atoms with Crippen LogP contribution in [0.2, 0.25) is 10.0 Å². The second-order valence-corrected chi connectivity index (χ2v) is 11.2. The van der Waals surface area contributed by atoms with Crippen LogP contribution in [0.4, 0.5) is 5.69 Å². The van der Waals surface area contributed by atoms with Crippen molar-refractivity contribution in [3.8, 4) is 11.5 Å². The van der Waals surface area contributed by atoms with Gasteiger partial charge in [-0.15, -0.1) is 0 Å². The van der Waals surface area contributed by atoms with Crippen molar-refractivity contribution in [1.82, 2.24) is 10.3 Å². The molecule has 7 nitrogen and oxygen atoms in total. The Bertz CT molecular complexity index is 1590. The first-order valence-corrected chi connectivity index (χ1v) is 13.8. The van der Waals surface area contributed by atoms with Gasteiger partial charge in [-0.05, 0) is 104 Å². The number of rotatable bonds is 8. The lowest BCUT2D eigenvalue weighted by Crippen LogP contribution is -2.24. The van der Waals surface area contributed by atoms with Crippen LogP contribution in [0.25, 0.3) is 0 Å². The minimum Gasteiger partial charge on any atom is -0.456 e. The zero-order valence-electron chi connectivity index (χ0n) is 20.9. The summed E-state index contributed by atoms with van der Waals surface area (Å²) in [5.41, 5.74) is 4.22. The van der Waals surface area contributed by atoms with Crippen molar-refractivity contribution < 1.29 is 17.9 Å². The van der Waals surface area contributed by atoms with Crippen molar-refractivity contribution in [3.05, 3.63) is 111 Å². The van der Waals surface area contributed by atoms with E-state index in [0.717, 1.165) is 22.3 Å². The van der Waals surface area contributed by atoms with E-state index in [1.165, 1.54) is 18.2 Å². The maximum atomic E-state index is 12.9. The average Bonchev–Trinajstić information content (AvgIpc) is 2.83. The molecule has 0 bridgehead atoms. The predicted octanol–water partition coefficient (Wildman–Crippen LogP) is 6.84. The van der Waals surface area contributed by atoms with Gasteiger partial charge in [0.25, 0.3) is 15.9 Å². The summed E-state index contributed by atoms with van der Waals surface area (Å²) in [7, 11) is -3.92. The summed E-state index contributed by atoms with van der Waals surface area (Å²) in [6, 6.07) is 16.5. The number of ether oxygens (including phenoxy) is 1. The number of nitrogens with zero attached hydrogens (tertiary/aromatic N) is 1. The van der Waals surface area contributed by atoms with E-state index >= 15 is 0 Å². The van der Waals surface area contributed by atoms with Gasteiger partial charge < -0.3 is 10.1 Å². The van der Waals surface area contributed by atoms with Crippen molar-refractivity contribution in [2.75, 3.05) is 4.72 Å². The minimum absolute atomic E-state index is 0.0322. The first kappa shape index (κ1) is 27.4. The molecule has 1 heterocycles. The van der Waals surface area contributed by atoms with Crippen molar-refractivity contribution in [2.24, 2.45) is 0 Å². The van der Waals surface area contributed by atoms with Gasteiger partial charge in [0, 0.05) is 29.0 Å². The van der Waals surface area contributed by atoms with Crippen LogP contribution in [0.15, 0.2) is 78.0 Å². The third kappa shape index (κ3) is 6.45. The van der Waals surface area contributed by atoms with E-state index in [-0.39, 0.29) is 22.4 Å². The molecule has 4 aromatic rings. The number of hydrogen-bond donors (Lipinski definition) is 2. The number of aromatic nitrogens is 1. The Morgan fingerprint density at radius 3 is 2.29 bits per heavy atom. The molecule has 0 saturated carbocycles. The largest absolute Gasteiger partial charge is 0.456 e. The highest BCUT2D eigenvalue weighted by atomic mass is 35.5. The molecular formula is C28H25Cl2N3O4S. The molecule has 0 fully saturated rings. The van der Waals surface area contributed by atoms with E-state index in [0.29, 0.717) is 27.8 Å². The van der Waals surface area contributed by atoms with Crippen LogP contribution in [0.5, 0.6) is 11.5 Å². The standard InChI is InChI=1S/C28H25Cl2N3O4S/c1-17-11-21(33-38(35,36)27-9-6-20(29)14-26(27)30)12-18(2)25(17)16-32-28(34)24-8-7-22(13-19(24)3)37-23-5-4-10-31-15-23/h4-15,33H,16H2,1-3H3,(H,32,34). The molecule has 0 unspecified atom stereocenters. The predicted molar refractivity (Wildman–Crippen MR) is 150 cm³/mol. The van der Waals surface area contributed by atoms with Crippen LogP contribution in [-0.2, 0) is 16.6 Å². The minimum atomic E-state index is -3.92. The molecule has 0 atom stereocenters. The number of aryl methyl sites for hydroxylation is 3. The number of carbonyl (C=O) groups is 1. The summed E-state index contributed by atoms with van der Waals surface area (Å²) in [5, 5.41) is 3.33. The van der Waals surface area contributed by atoms with E-state index in [4.69, 9.17) is 27.9 Å². The summed E-state index contributed by atoms with van der Waals surface area (Å²) < 4.78 is 34.1. The molecule has 38 heavy (non-hydrogen) atoms. The average molecular weight is 570 g/mol. The summed E-state index contributed by atoms with van der Waals surface area (Å²) in [4.78, 5) is 16.9. The summed E-state index contributed by atoms with van der Waals surface area (Å²) in [5.74, 6) is 0.991. The van der Waals surface area contributed by atoms with Gasteiger partial charge in [0.05, 0.1) is 11.2 Å². The first-order valence-electron chi connectivity index (χ1n) is 11.6. The fourth-order valence-corrected chi connectivity index (χ4v) is 5.81. The number of nitrogens with one attached hydrogen (secondary N) is 2. The number of benzene rings is 3. The van der Waals surface area contributed by atoms with Crippen molar-refractivity contribution in [3.63, 3.8) is 0 Å². The fraction of sp³-hybridized carbons (Fsp3) is 0.143. The van der Waals surface area contributed by atoms with Crippen molar-refractivity contribution in [2.45, 2.75) is 32.2 Å². The Kier molecular flexibility index (Phi) is 8.26. The molecule has 0 saturated heterocycles. The highest BCUT2D eigenvalue weighted by molar-refractivity contribution is 7.92. The molecule has 0 radical (unpaired) electrons. The highest BCUT2D eigenvalue weighted by Gasteiger charge is 2.19. The maximum absolute atomic E-state index is 12.9. The number of hydrogen-bond acceptors (Lipinski definition) is 5. The smallest absolute Gasteiger partial charge is 0.263 e. The molecule has 2 N–H and O–H groups in total. The monoisotopic (exact) mass is 569 g/mol. The lowest BCUT2D eigenvalue weighted by atomic mass is 10.0. The van der Waals surface area contributed by atoms with Gasteiger partial charge in [0.15, 0.2) is 0 Å². The Morgan fingerprint density at radius 1 is 0.921 bits per heavy atom. The number of halogens is 2. The van der Waals surface area contributed by atoms with E-state index < -0.39 is 10.0 Å². The lowest BCUT2D eigenvalue weighted by molar-refractivity contribution is 0.0950. The molecule has 0 aliphatic carbocycles. The van der Waals surface area contributed by atoms with Crippen LogP contribution in [-0.4, -0.2) is 19.3 Å². The molecule has 0 spiro atoms. The molecule has 0 aliphatic rings. The van der Waals surface area contributed by atoms with Crippen LogP contribution in [0.3, 0.4) is 0 Å². The van der Waals surface area contributed by atoms with Gasteiger partial charge in [0.1, 0.15) is 16.4 Å². The fourth-order valence-electron chi connectivity index (χ4n) is 4.00. The zero-order chi connectivity index (χ0) is 27.4. The van der Waals surface area contributed by atoms with Crippen molar-refractivity contribution >= 4 is 44.8 Å². The molecule has 4 rings (SSSR count). The second kappa shape index (κ2) is 11.4. The first-order chi connectivity index (χ1) is 18.0. The van der Waals surface area contributed by atoms with Gasteiger partial charge in [-0.1, -0.05) is 23.2 Å². The van der Waals surface area contributed by atoms with Gasteiger partial charge in [-0.2, -0.15) is 0 Å². The SMILES string of the molecule is Cc1cc(Oc2cccnc2)ccc1C(=O)NCc1c(C)cc(NS(=O)(=O)c2ccc(Cl)cc2Cl)cc1C. The summed E-state index contributed by atoms with van der Waals surface area (Å²) in [6.07, 6.45) is 3.28. The van der Waals surface area contributed by atoms with E-state index in [1.807, 2.05) is 20.8 Å². The van der Waals surface area contributed by atoms with E-state index in [1.54, 1.807) is 54.9 Å². The van der Waals surface area contributed by atoms with E-state index in [2.05, 4.69) is 15.0 Å². The van der Waals surface area contributed by atoms with E-state index in [9.17, 15) is 13.2 Å². The Labute approximate surface area is 231 Å². The van der Waals surface area contributed by atoms with Gasteiger partial charge in [-0.3, -0.25) is 14.5 Å². The normalized spacial score (nSPS) is 11.2. The van der Waals surface area contributed by atoms with Crippen molar-refractivity contribution in [1.29, 1.82) is 0 Å². The molecule has 0 aliphatic heterocycles. The Balaban J connectivity index is 1.44. The van der Waals surface area contributed by atoms with Gasteiger partial charge in [0.2, 0.25) is 0 Å². The molecule has 196 valence electrons. The number of amides is 1. The number of carbonyl (C=O) groups excluding carboxylic acids is 1. The highest BCUT2D eigenvalue weighted by Crippen LogP contribution is 2.28. The lowest BCUT2D eigenvalue weighted by Gasteiger charge is -2.16. The third-order valence-electron chi connectivity index (χ3n) is 5.87. The zero-order valence-corrected chi connectivity index (χ0v) is 23.2. The molecule has 3 aromatic carbocycles. The molecule has 10 heteroatoms. The van der Waals surface area contributed by atoms with Gasteiger partial charge >= 0.3 is 0 Å². The molecule has 1 aromatic heterocycles. The molecular weight excluding hydrogens is 545 g/mol. The summed E-state index contributed by atoms with van der Waals surface area (Å²) in [6.45, 7) is 5.84. The topological polar surface area (TPSA) is 97.4 Å². The Morgan fingerprint density at radius 2 is 1.66 bits per heavy atom. The quantitative estimate of drug-likeness (QED) is 0.242.